The molecular formula is C34H13BF20OS3. The van der Waals surface area contributed by atoms with E-state index in [4.69, 9.17) is 0 Å². The molecule has 59 heavy (non-hydrogen) atoms. The fourth-order valence-corrected chi connectivity index (χ4v) is 8.23. The van der Waals surface area contributed by atoms with Crippen molar-refractivity contribution in [2.75, 3.05) is 15.9 Å². The van der Waals surface area contributed by atoms with Gasteiger partial charge in [0.2, 0.25) is 5.78 Å². The average molecular weight is 924 g/mol. The van der Waals surface area contributed by atoms with Crippen molar-refractivity contribution in [1.82, 2.24) is 0 Å². The molecule has 0 saturated heterocycles. The summed E-state index contributed by atoms with van der Waals surface area (Å²) >= 11 is 8.39. The van der Waals surface area contributed by atoms with Crippen molar-refractivity contribution in [3.8, 4) is 0 Å². The van der Waals surface area contributed by atoms with Gasteiger partial charge in [0.05, 0.1) is 0 Å². The number of Topliss-reactive ketones (excluding diaryl/α,β-unsaturated/α-hetero) is 1. The van der Waals surface area contributed by atoms with E-state index in [-0.39, 0.29) is 16.7 Å². The highest BCUT2D eigenvalue weighted by Gasteiger charge is 2.52. The smallest absolute Gasteiger partial charge is 0.211 e. The lowest BCUT2D eigenvalue weighted by Crippen LogP contribution is -2.81. The van der Waals surface area contributed by atoms with Crippen LogP contribution >= 0.6 is 25.3 Å². The molecule has 0 saturated carbocycles. The molecule has 0 atom stereocenters. The van der Waals surface area contributed by atoms with Crippen molar-refractivity contribution < 1.29 is 92.6 Å². The number of halogens is 20. The van der Waals surface area contributed by atoms with Crippen LogP contribution in [0.3, 0.4) is 0 Å². The van der Waals surface area contributed by atoms with Crippen molar-refractivity contribution in [3.05, 3.63) is 152 Å². The zero-order valence-electron chi connectivity index (χ0n) is 27.9. The Bertz CT molecular complexity index is 2100. The predicted octanol–water partition coefficient (Wildman–Crippen LogP) is 8.11. The summed E-state index contributed by atoms with van der Waals surface area (Å²) in [5.74, 6) is -70.6. The molecule has 5 aromatic rings. The number of benzene rings is 5. The van der Waals surface area contributed by atoms with Crippen molar-refractivity contribution >= 4 is 69.9 Å². The second kappa shape index (κ2) is 18.0. The van der Waals surface area contributed by atoms with Crippen molar-refractivity contribution in [2.24, 2.45) is 0 Å². The molecule has 0 spiro atoms. The lowest BCUT2D eigenvalue weighted by Gasteiger charge is -2.44. The number of hydrogen-bond acceptors (Lipinski definition) is 3. The number of thiol groups is 2. The third kappa shape index (κ3) is 7.72. The van der Waals surface area contributed by atoms with Crippen LogP contribution in [-0.4, -0.2) is 27.9 Å². The predicted molar refractivity (Wildman–Crippen MR) is 180 cm³/mol. The molecule has 0 radical (unpaired) electrons. The summed E-state index contributed by atoms with van der Waals surface area (Å²) in [5, 5.41) is 1.48. The Morgan fingerprint density at radius 2 is 0.576 bits per heavy atom. The van der Waals surface area contributed by atoms with Gasteiger partial charge in [-0.2, -0.15) is 0 Å². The molecule has 0 aliphatic heterocycles. The van der Waals surface area contributed by atoms with Crippen LogP contribution in [0.5, 0.6) is 0 Å². The van der Waals surface area contributed by atoms with Crippen LogP contribution in [0, 0.1) is 116 Å². The van der Waals surface area contributed by atoms with Crippen LogP contribution in [0.1, 0.15) is 10.4 Å². The number of hydrogen-bond donors (Lipinski definition) is 2. The number of carbonyl (C=O) groups is 1. The molecule has 0 heterocycles. The highest BCUT2D eigenvalue weighted by atomic mass is 32.3. The van der Waals surface area contributed by atoms with E-state index in [9.17, 15) is 57.5 Å². The van der Waals surface area contributed by atoms with Gasteiger partial charge >= 0.3 is 0 Å². The molecule has 0 amide bonds. The average Bonchev–Trinajstić information content (AvgIpc) is 3.23. The Morgan fingerprint density at radius 3 is 0.780 bits per heavy atom. The largest absolute Gasteiger partial charge is 0.289 e. The van der Waals surface area contributed by atoms with Crippen LogP contribution < -0.4 is 21.9 Å². The van der Waals surface area contributed by atoms with Crippen molar-refractivity contribution in [1.29, 1.82) is 0 Å². The fourth-order valence-electron chi connectivity index (χ4n) is 5.90. The van der Waals surface area contributed by atoms with Crippen LogP contribution in [0.2, 0.25) is 0 Å². The van der Waals surface area contributed by atoms with Gasteiger partial charge in [0.1, 0.15) is 52.7 Å². The SMILES string of the molecule is Fc1c(F)c(F)c([B-](c2c(F)c(F)c(F)c(F)c2F)(c2c(F)c(F)c(F)c(F)c2F)c2c(F)c(F)c(F)c(F)c2F)c(F)c1F.O=C(C[S+](CS)CS)c1ccccc1. The van der Waals surface area contributed by atoms with Crippen LogP contribution in [0.15, 0.2) is 30.3 Å². The minimum absolute atomic E-state index is 0.00987. The van der Waals surface area contributed by atoms with E-state index < -0.39 is 144 Å². The summed E-state index contributed by atoms with van der Waals surface area (Å²) in [7, 11) is 0.00987. The highest BCUT2D eigenvalue weighted by Crippen LogP contribution is 2.30. The van der Waals surface area contributed by atoms with Gasteiger partial charge in [-0.1, -0.05) is 30.3 Å². The zero-order valence-corrected chi connectivity index (χ0v) is 30.5. The molecule has 0 aliphatic carbocycles. The molecule has 0 bridgehead atoms. The summed E-state index contributed by atoms with van der Waals surface area (Å²) < 4.78 is 294. The minimum Gasteiger partial charge on any atom is -0.289 e. The molecular weight excluding hydrogens is 911 g/mol. The Balaban J connectivity index is 0.000000464. The lowest BCUT2D eigenvalue weighted by molar-refractivity contribution is 0.102. The quantitative estimate of drug-likeness (QED) is 0.0291. The summed E-state index contributed by atoms with van der Waals surface area (Å²) in [4.78, 5) is 11.7. The topological polar surface area (TPSA) is 17.1 Å². The first-order chi connectivity index (χ1) is 27.5. The van der Waals surface area contributed by atoms with E-state index in [1.807, 2.05) is 30.3 Å². The van der Waals surface area contributed by atoms with Gasteiger partial charge in [0.25, 0.3) is 0 Å². The van der Waals surface area contributed by atoms with E-state index in [0.29, 0.717) is 5.75 Å². The van der Waals surface area contributed by atoms with Crippen LogP contribution in [0.4, 0.5) is 87.8 Å². The lowest BCUT2D eigenvalue weighted by atomic mass is 9.12. The molecule has 1 nitrogen and oxygen atoms in total. The van der Waals surface area contributed by atoms with Crippen LogP contribution in [0.25, 0.3) is 0 Å². The van der Waals surface area contributed by atoms with Crippen LogP contribution in [-0.2, 0) is 10.9 Å². The van der Waals surface area contributed by atoms with E-state index in [2.05, 4.69) is 25.3 Å². The zero-order chi connectivity index (χ0) is 44.7. The molecule has 0 aromatic heterocycles. The van der Waals surface area contributed by atoms with Gasteiger partial charge in [-0.3, -0.25) is 4.79 Å². The Morgan fingerprint density at radius 1 is 0.373 bits per heavy atom. The Hall–Kier alpha value is -4.52. The molecule has 0 N–H and O–H groups in total. The molecule has 0 aliphatic rings. The second-order valence-electron chi connectivity index (χ2n) is 11.6. The molecule has 0 fully saturated rings. The summed E-state index contributed by atoms with van der Waals surface area (Å²) in [5.41, 5.74) is -13.5. The van der Waals surface area contributed by atoms with Gasteiger partial charge in [0.15, 0.2) is 85.7 Å². The van der Waals surface area contributed by atoms with E-state index in [1.54, 1.807) is 0 Å². The Kier molecular flexibility index (Phi) is 14.4. The molecule has 5 aromatic carbocycles. The normalized spacial score (nSPS) is 11.6. The standard InChI is InChI=1S/C24BF20.C10H12OS3/c26-5-1(6(27)14(35)21(42)13(5)34)25(2-7(28)15(36)22(43)16(37)8(2)29,3-9(30)17(38)23(44)18(39)10(3)31)4-11(32)19(40)24(45)20(41)12(4)33;11-10(6-14(7-12)8-13)9-4-2-1-3-5-9/h;1-5H,6-8H2,(H-,12,13)/q-1;/p+1. The summed E-state index contributed by atoms with van der Waals surface area (Å²) in [6.07, 6.45) is -7.22. The minimum atomic E-state index is -7.22. The number of carbonyl (C=O) groups excluding carboxylic acids is 1. The highest BCUT2D eigenvalue weighted by molar-refractivity contribution is 8.13. The summed E-state index contributed by atoms with van der Waals surface area (Å²) in [6.45, 7) is 0. The van der Waals surface area contributed by atoms with Gasteiger partial charge in [-0.25, -0.2) is 87.8 Å². The van der Waals surface area contributed by atoms with E-state index in [0.717, 1.165) is 15.7 Å². The van der Waals surface area contributed by atoms with Crippen molar-refractivity contribution in [3.63, 3.8) is 0 Å². The number of rotatable bonds is 9. The third-order valence-electron chi connectivity index (χ3n) is 8.50. The van der Waals surface area contributed by atoms with E-state index in [1.165, 1.54) is 0 Å². The summed E-state index contributed by atoms with van der Waals surface area (Å²) in [6, 6.07) is 9.37. The van der Waals surface area contributed by atoms with Gasteiger partial charge in [-0.15, -0.1) is 47.1 Å². The van der Waals surface area contributed by atoms with E-state index >= 15 is 35.1 Å². The monoisotopic (exact) mass is 924 g/mol. The maximum atomic E-state index is 15.4. The first kappa shape index (κ1) is 47.2. The molecule has 25 heteroatoms. The third-order valence-corrected chi connectivity index (χ3v) is 12.1. The maximum absolute atomic E-state index is 15.4. The maximum Gasteiger partial charge on any atom is 0.211 e. The van der Waals surface area contributed by atoms with Gasteiger partial charge in [0, 0.05) is 16.5 Å². The first-order valence-corrected chi connectivity index (χ1v) is 18.1. The first-order valence-electron chi connectivity index (χ1n) is 15.2. The van der Waals surface area contributed by atoms with Gasteiger partial charge < -0.3 is 0 Å². The fraction of sp³-hybridized carbons (Fsp3) is 0.0882. The van der Waals surface area contributed by atoms with Crippen molar-refractivity contribution in [2.45, 2.75) is 0 Å². The van der Waals surface area contributed by atoms with Gasteiger partial charge in [-0.05, 0) is 0 Å². The molecule has 316 valence electrons. The second-order valence-corrected chi connectivity index (χ2v) is 15.2. The Labute approximate surface area is 330 Å². The molecule has 0 unspecified atom stereocenters. The molecule has 5 rings (SSSR count). The number of ketones is 1.